The average molecular weight is 214 g/mol. The van der Waals surface area contributed by atoms with Gasteiger partial charge in [-0.15, -0.1) is 0 Å². The van der Waals surface area contributed by atoms with Gasteiger partial charge in [0.2, 0.25) is 5.91 Å². The highest BCUT2D eigenvalue weighted by molar-refractivity contribution is 5.87. The molecule has 3 N–H and O–H groups in total. The van der Waals surface area contributed by atoms with Gasteiger partial charge in [-0.05, 0) is 25.7 Å². The molecule has 1 rings (SSSR count). The first-order valence-corrected chi connectivity index (χ1v) is 5.24. The zero-order chi connectivity index (χ0) is 11.6. The summed E-state index contributed by atoms with van der Waals surface area (Å²) in [5.74, 6) is -1.20. The molecule has 0 aromatic rings. The molecule has 0 bridgehead atoms. The van der Waals surface area contributed by atoms with Crippen molar-refractivity contribution in [2.75, 3.05) is 6.54 Å². The molecule has 3 atom stereocenters. The quantitative estimate of drug-likeness (QED) is 0.680. The molecule has 0 aromatic carbocycles. The number of amides is 1. The third-order valence-corrected chi connectivity index (χ3v) is 2.86. The highest BCUT2D eigenvalue weighted by atomic mass is 16.4. The summed E-state index contributed by atoms with van der Waals surface area (Å²) in [6.45, 7) is 3.95. The Morgan fingerprint density at radius 1 is 1.53 bits per heavy atom. The molecule has 1 amide bonds. The fourth-order valence-corrected chi connectivity index (χ4v) is 2.07. The van der Waals surface area contributed by atoms with E-state index in [1.807, 2.05) is 6.92 Å². The van der Waals surface area contributed by atoms with Gasteiger partial charge in [0.05, 0.1) is 6.04 Å². The Morgan fingerprint density at radius 3 is 2.60 bits per heavy atom. The number of piperidine rings is 1. The number of carbonyl (C=O) groups is 2. The van der Waals surface area contributed by atoms with E-state index in [0.717, 1.165) is 12.8 Å². The third kappa shape index (κ3) is 2.47. The molecule has 0 aliphatic carbocycles. The number of aliphatic carboxylic acids is 1. The topological polar surface area (TPSA) is 83.6 Å². The normalized spacial score (nSPS) is 28.6. The predicted octanol–water partition coefficient (Wildman–Crippen LogP) is 0.0453. The highest BCUT2D eigenvalue weighted by Crippen LogP contribution is 2.23. The summed E-state index contributed by atoms with van der Waals surface area (Å²) in [6.07, 6.45) is 1.70. The smallest absolute Gasteiger partial charge is 0.326 e. The Morgan fingerprint density at radius 2 is 2.13 bits per heavy atom. The van der Waals surface area contributed by atoms with Crippen molar-refractivity contribution in [1.29, 1.82) is 0 Å². The van der Waals surface area contributed by atoms with Crippen LogP contribution in [0.4, 0.5) is 0 Å². The number of nitrogens with two attached hydrogens (primary N) is 1. The Bertz CT molecular complexity index is 265. The van der Waals surface area contributed by atoms with Crippen LogP contribution in [0, 0.1) is 5.92 Å². The van der Waals surface area contributed by atoms with Gasteiger partial charge in [-0.25, -0.2) is 4.79 Å². The molecular weight excluding hydrogens is 196 g/mol. The standard InChI is InChI=1S/C10H18N2O3/c1-6-4-3-5-12(8(6)10(14)15)9(13)7(2)11/h6-8H,3-5,11H2,1-2H3,(H,14,15)/t6?,7-,8?/m1/s1. The van der Waals surface area contributed by atoms with Gasteiger partial charge >= 0.3 is 5.97 Å². The minimum Gasteiger partial charge on any atom is -0.480 e. The molecule has 5 nitrogen and oxygen atoms in total. The maximum atomic E-state index is 11.7. The van der Waals surface area contributed by atoms with Crippen molar-refractivity contribution in [3.05, 3.63) is 0 Å². The first kappa shape index (κ1) is 12.0. The molecule has 1 saturated heterocycles. The van der Waals surface area contributed by atoms with Gasteiger partial charge in [0, 0.05) is 6.54 Å². The number of hydrogen-bond donors (Lipinski definition) is 2. The molecule has 15 heavy (non-hydrogen) atoms. The highest BCUT2D eigenvalue weighted by Gasteiger charge is 2.37. The van der Waals surface area contributed by atoms with Crippen molar-refractivity contribution in [1.82, 2.24) is 4.90 Å². The van der Waals surface area contributed by atoms with Crippen molar-refractivity contribution < 1.29 is 14.7 Å². The summed E-state index contributed by atoms with van der Waals surface area (Å²) < 4.78 is 0. The van der Waals surface area contributed by atoms with Gasteiger partial charge in [-0.2, -0.15) is 0 Å². The van der Waals surface area contributed by atoms with Crippen LogP contribution in [0.2, 0.25) is 0 Å². The summed E-state index contributed by atoms with van der Waals surface area (Å²) in [5, 5.41) is 9.08. The Kier molecular flexibility index (Phi) is 3.68. The molecule has 1 heterocycles. The van der Waals surface area contributed by atoms with Gasteiger partial charge in [-0.1, -0.05) is 6.92 Å². The molecule has 1 aliphatic heterocycles. The van der Waals surface area contributed by atoms with E-state index >= 15 is 0 Å². The monoisotopic (exact) mass is 214 g/mol. The number of carboxylic acid groups (broad SMARTS) is 1. The molecule has 1 aliphatic rings. The van der Waals surface area contributed by atoms with E-state index in [0.29, 0.717) is 6.54 Å². The molecule has 0 saturated carbocycles. The summed E-state index contributed by atoms with van der Waals surface area (Å²) in [5.41, 5.74) is 5.49. The lowest BCUT2D eigenvalue weighted by Crippen LogP contribution is -2.55. The van der Waals surface area contributed by atoms with Crippen LogP contribution in [0.25, 0.3) is 0 Å². The predicted molar refractivity (Wildman–Crippen MR) is 55.2 cm³/mol. The molecule has 1 fully saturated rings. The van der Waals surface area contributed by atoms with Crippen LogP contribution in [-0.2, 0) is 9.59 Å². The van der Waals surface area contributed by atoms with E-state index < -0.39 is 18.1 Å². The third-order valence-electron chi connectivity index (χ3n) is 2.86. The molecule has 86 valence electrons. The van der Waals surface area contributed by atoms with Crippen molar-refractivity contribution in [3.63, 3.8) is 0 Å². The number of hydrogen-bond acceptors (Lipinski definition) is 3. The van der Waals surface area contributed by atoms with E-state index in [4.69, 9.17) is 10.8 Å². The number of carbonyl (C=O) groups excluding carboxylic acids is 1. The fraction of sp³-hybridized carbons (Fsp3) is 0.800. The van der Waals surface area contributed by atoms with Crippen LogP contribution in [-0.4, -0.2) is 40.5 Å². The second-order valence-corrected chi connectivity index (χ2v) is 4.22. The lowest BCUT2D eigenvalue weighted by Gasteiger charge is -2.38. The lowest BCUT2D eigenvalue weighted by molar-refractivity contribution is -0.155. The SMILES string of the molecule is CC1CCCN(C(=O)[C@@H](C)N)C1C(=O)O. The summed E-state index contributed by atoms with van der Waals surface area (Å²) >= 11 is 0. The number of rotatable bonds is 2. The number of nitrogens with zero attached hydrogens (tertiary/aromatic N) is 1. The number of likely N-dealkylation sites (tertiary alicyclic amines) is 1. The molecule has 5 heteroatoms. The fourth-order valence-electron chi connectivity index (χ4n) is 2.07. The second kappa shape index (κ2) is 4.61. The summed E-state index contributed by atoms with van der Waals surface area (Å²) in [4.78, 5) is 24.2. The van der Waals surface area contributed by atoms with Gasteiger partial charge < -0.3 is 15.7 Å². The van der Waals surface area contributed by atoms with E-state index in [-0.39, 0.29) is 11.8 Å². The minimum absolute atomic E-state index is 0.000972. The van der Waals surface area contributed by atoms with E-state index in [2.05, 4.69) is 0 Å². The average Bonchev–Trinajstić information content (AvgIpc) is 2.15. The summed E-state index contributed by atoms with van der Waals surface area (Å²) in [7, 11) is 0. The van der Waals surface area contributed by atoms with Gasteiger partial charge in [-0.3, -0.25) is 4.79 Å². The Hall–Kier alpha value is -1.10. The van der Waals surface area contributed by atoms with Crippen LogP contribution in [0.5, 0.6) is 0 Å². The van der Waals surface area contributed by atoms with Crippen LogP contribution in [0.1, 0.15) is 26.7 Å². The van der Waals surface area contributed by atoms with Crippen molar-refractivity contribution >= 4 is 11.9 Å². The van der Waals surface area contributed by atoms with Crippen molar-refractivity contribution in [2.24, 2.45) is 11.7 Å². The van der Waals surface area contributed by atoms with Crippen molar-refractivity contribution in [3.8, 4) is 0 Å². The van der Waals surface area contributed by atoms with Gasteiger partial charge in [0.25, 0.3) is 0 Å². The van der Waals surface area contributed by atoms with Gasteiger partial charge in [0.1, 0.15) is 6.04 Å². The van der Waals surface area contributed by atoms with E-state index in [1.165, 1.54) is 4.90 Å². The molecular formula is C10H18N2O3. The minimum atomic E-state index is -0.934. The Labute approximate surface area is 89.2 Å². The van der Waals surface area contributed by atoms with Crippen LogP contribution >= 0.6 is 0 Å². The van der Waals surface area contributed by atoms with E-state index in [1.54, 1.807) is 6.92 Å². The van der Waals surface area contributed by atoms with E-state index in [9.17, 15) is 9.59 Å². The second-order valence-electron chi connectivity index (χ2n) is 4.22. The summed E-state index contributed by atoms with van der Waals surface area (Å²) in [6, 6.07) is -1.34. The Balaban J connectivity index is 2.84. The lowest BCUT2D eigenvalue weighted by atomic mass is 9.90. The van der Waals surface area contributed by atoms with Gasteiger partial charge in [0.15, 0.2) is 0 Å². The molecule has 2 unspecified atom stereocenters. The molecule has 0 spiro atoms. The zero-order valence-electron chi connectivity index (χ0n) is 9.14. The first-order valence-electron chi connectivity index (χ1n) is 5.24. The van der Waals surface area contributed by atoms with Crippen molar-refractivity contribution in [2.45, 2.75) is 38.8 Å². The van der Waals surface area contributed by atoms with Crippen LogP contribution < -0.4 is 5.73 Å². The molecule has 0 radical (unpaired) electrons. The number of carboxylic acids is 1. The molecule has 0 aromatic heterocycles. The first-order chi connectivity index (χ1) is 6.95. The maximum absolute atomic E-state index is 11.7. The van der Waals surface area contributed by atoms with Crippen LogP contribution in [0.3, 0.4) is 0 Å². The van der Waals surface area contributed by atoms with Crippen LogP contribution in [0.15, 0.2) is 0 Å². The maximum Gasteiger partial charge on any atom is 0.326 e. The zero-order valence-corrected chi connectivity index (χ0v) is 9.14. The largest absolute Gasteiger partial charge is 0.480 e.